The lowest BCUT2D eigenvalue weighted by atomic mass is 9.91. The summed E-state index contributed by atoms with van der Waals surface area (Å²) in [6.07, 6.45) is 5.20. The lowest BCUT2D eigenvalue weighted by Gasteiger charge is -2.35. The number of likely N-dealkylation sites (tertiary alicyclic amines) is 1. The Balaban J connectivity index is 1.70. The topological polar surface area (TPSA) is 96.5 Å². The molecule has 3 rings (SSSR count). The van der Waals surface area contributed by atoms with Crippen LogP contribution in [0.2, 0.25) is 0 Å². The van der Waals surface area contributed by atoms with Gasteiger partial charge in [0, 0.05) is 31.8 Å². The molecule has 1 aliphatic heterocycles. The van der Waals surface area contributed by atoms with Crippen LogP contribution in [0.4, 0.5) is 0 Å². The molecule has 1 aromatic rings. The van der Waals surface area contributed by atoms with Gasteiger partial charge in [0.2, 0.25) is 5.91 Å². The molecule has 1 aromatic heterocycles. The van der Waals surface area contributed by atoms with Gasteiger partial charge in [-0.25, -0.2) is 4.98 Å². The maximum atomic E-state index is 12.7. The third kappa shape index (κ3) is 3.12. The highest BCUT2D eigenvalue weighted by molar-refractivity contribution is 7.13. The number of rotatable bonds is 3. The molecule has 2 amide bonds. The summed E-state index contributed by atoms with van der Waals surface area (Å²) in [5.41, 5.74) is 4.54. The Morgan fingerprint density at radius 2 is 1.91 bits per heavy atom. The maximum Gasteiger partial charge on any atom is 0.265 e. The number of aryl methyl sites for hydroxylation is 1. The molecule has 2 aliphatic rings. The smallest absolute Gasteiger partial charge is 0.265 e. The first-order valence-corrected chi connectivity index (χ1v) is 9.01. The molecule has 1 saturated heterocycles. The Labute approximate surface area is 139 Å². The SMILES string of the molecule is Cc1nc(C2CCCC2)sc1C(=O)N1CCC(O)(C(N)=O)CC1. The van der Waals surface area contributed by atoms with Gasteiger partial charge < -0.3 is 15.7 Å². The fourth-order valence-corrected chi connectivity index (χ4v) is 4.64. The largest absolute Gasteiger partial charge is 0.380 e. The molecule has 23 heavy (non-hydrogen) atoms. The number of carbonyl (C=O) groups is 2. The Morgan fingerprint density at radius 1 is 1.30 bits per heavy atom. The summed E-state index contributed by atoms with van der Waals surface area (Å²) in [5.74, 6) is -0.251. The Bertz CT molecular complexity index is 614. The summed E-state index contributed by atoms with van der Waals surface area (Å²) in [4.78, 5) is 31.0. The number of nitrogens with two attached hydrogens (primary N) is 1. The van der Waals surface area contributed by atoms with Crippen LogP contribution in [0.15, 0.2) is 0 Å². The van der Waals surface area contributed by atoms with Crippen molar-refractivity contribution < 1.29 is 14.7 Å². The molecule has 126 valence electrons. The summed E-state index contributed by atoms with van der Waals surface area (Å²) < 4.78 is 0. The van der Waals surface area contributed by atoms with Crippen molar-refractivity contribution in [1.82, 2.24) is 9.88 Å². The average molecular weight is 337 g/mol. The summed E-state index contributed by atoms with van der Waals surface area (Å²) in [7, 11) is 0. The van der Waals surface area contributed by atoms with Crippen molar-refractivity contribution in [3.63, 3.8) is 0 Å². The number of aliphatic hydroxyl groups is 1. The van der Waals surface area contributed by atoms with Crippen molar-refractivity contribution in [2.75, 3.05) is 13.1 Å². The number of carbonyl (C=O) groups excluding carboxylic acids is 2. The zero-order valence-corrected chi connectivity index (χ0v) is 14.2. The summed E-state index contributed by atoms with van der Waals surface area (Å²) in [5, 5.41) is 11.2. The first-order chi connectivity index (χ1) is 10.9. The second-order valence-electron chi connectivity index (χ2n) is 6.64. The van der Waals surface area contributed by atoms with E-state index in [-0.39, 0.29) is 18.7 Å². The van der Waals surface area contributed by atoms with Crippen LogP contribution in [0.3, 0.4) is 0 Å². The number of amides is 2. The Hall–Kier alpha value is -1.47. The molecule has 0 aromatic carbocycles. The van der Waals surface area contributed by atoms with E-state index < -0.39 is 11.5 Å². The molecule has 0 unspecified atom stereocenters. The van der Waals surface area contributed by atoms with Crippen LogP contribution in [0, 0.1) is 6.92 Å². The molecule has 2 heterocycles. The fourth-order valence-electron chi connectivity index (χ4n) is 3.43. The fraction of sp³-hybridized carbons (Fsp3) is 0.688. The lowest BCUT2D eigenvalue weighted by molar-refractivity contribution is -0.140. The second kappa shape index (κ2) is 6.20. The normalized spacial score (nSPS) is 21.6. The van der Waals surface area contributed by atoms with Gasteiger partial charge in [-0.1, -0.05) is 12.8 Å². The molecule has 3 N–H and O–H groups in total. The van der Waals surface area contributed by atoms with Gasteiger partial charge in [0.1, 0.15) is 10.5 Å². The van der Waals surface area contributed by atoms with Gasteiger partial charge >= 0.3 is 0 Å². The first kappa shape index (κ1) is 16.4. The standard InChI is InChI=1S/C16H23N3O3S/c1-10-12(23-13(18-10)11-4-2-3-5-11)14(20)19-8-6-16(22,7-9-19)15(17)21/h11,22H,2-9H2,1H3,(H2,17,21). The van der Waals surface area contributed by atoms with E-state index in [1.54, 1.807) is 4.90 Å². The molecule has 0 radical (unpaired) electrons. The minimum absolute atomic E-state index is 0.0456. The van der Waals surface area contributed by atoms with E-state index in [1.165, 1.54) is 24.2 Å². The van der Waals surface area contributed by atoms with Gasteiger partial charge in [-0.2, -0.15) is 0 Å². The predicted octanol–water partition coefficient (Wildman–Crippen LogP) is 1.56. The average Bonchev–Trinajstić information content (AvgIpc) is 3.16. The first-order valence-electron chi connectivity index (χ1n) is 8.19. The van der Waals surface area contributed by atoms with Gasteiger partial charge in [-0.3, -0.25) is 9.59 Å². The van der Waals surface area contributed by atoms with Crippen LogP contribution in [0.25, 0.3) is 0 Å². The molecular formula is C16H23N3O3S. The number of thiazole rings is 1. The second-order valence-corrected chi connectivity index (χ2v) is 7.67. The maximum absolute atomic E-state index is 12.7. The zero-order chi connectivity index (χ0) is 16.6. The minimum atomic E-state index is -1.48. The van der Waals surface area contributed by atoms with E-state index in [1.807, 2.05) is 6.92 Å². The Morgan fingerprint density at radius 3 is 2.48 bits per heavy atom. The molecule has 0 atom stereocenters. The lowest BCUT2D eigenvalue weighted by Crippen LogP contribution is -2.53. The van der Waals surface area contributed by atoms with Crippen molar-refractivity contribution in [3.8, 4) is 0 Å². The number of hydrogen-bond acceptors (Lipinski definition) is 5. The van der Waals surface area contributed by atoms with E-state index in [2.05, 4.69) is 4.98 Å². The number of primary amides is 1. The van der Waals surface area contributed by atoms with Gasteiger partial charge in [0.25, 0.3) is 5.91 Å². The molecular weight excluding hydrogens is 314 g/mol. The van der Waals surface area contributed by atoms with Crippen LogP contribution < -0.4 is 5.73 Å². The Kier molecular flexibility index (Phi) is 4.42. The highest BCUT2D eigenvalue weighted by atomic mass is 32.1. The zero-order valence-electron chi connectivity index (χ0n) is 13.4. The van der Waals surface area contributed by atoms with Crippen LogP contribution in [-0.4, -0.2) is 45.5 Å². The molecule has 1 aliphatic carbocycles. The third-order valence-corrected chi connectivity index (χ3v) is 6.36. The molecule has 1 saturated carbocycles. The van der Waals surface area contributed by atoms with E-state index in [9.17, 15) is 14.7 Å². The van der Waals surface area contributed by atoms with Crippen LogP contribution in [-0.2, 0) is 4.79 Å². The van der Waals surface area contributed by atoms with Gasteiger partial charge in [-0.05, 0) is 19.8 Å². The van der Waals surface area contributed by atoms with Crippen LogP contribution in [0.5, 0.6) is 0 Å². The van der Waals surface area contributed by atoms with Crippen molar-refractivity contribution in [2.24, 2.45) is 5.73 Å². The van der Waals surface area contributed by atoms with E-state index in [0.29, 0.717) is 23.9 Å². The van der Waals surface area contributed by atoms with Crippen LogP contribution >= 0.6 is 11.3 Å². The highest BCUT2D eigenvalue weighted by Gasteiger charge is 2.39. The van der Waals surface area contributed by atoms with Gasteiger partial charge in [0.15, 0.2) is 0 Å². The molecule has 2 fully saturated rings. The monoisotopic (exact) mass is 337 g/mol. The van der Waals surface area contributed by atoms with Crippen LogP contribution in [0.1, 0.15) is 64.8 Å². The van der Waals surface area contributed by atoms with E-state index >= 15 is 0 Å². The summed E-state index contributed by atoms with van der Waals surface area (Å²) in [6.45, 7) is 2.56. The molecule has 7 heteroatoms. The van der Waals surface area contributed by atoms with Gasteiger partial charge in [0.05, 0.1) is 10.7 Å². The summed E-state index contributed by atoms with van der Waals surface area (Å²) >= 11 is 1.51. The predicted molar refractivity (Wildman–Crippen MR) is 87.3 cm³/mol. The number of piperidine rings is 1. The number of hydrogen-bond donors (Lipinski definition) is 2. The quantitative estimate of drug-likeness (QED) is 0.875. The van der Waals surface area contributed by atoms with Crippen molar-refractivity contribution >= 4 is 23.2 Å². The third-order valence-electron chi connectivity index (χ3n) is 5.05. The van der Waals surface area contributed by atoms with Crippen molar-refractivity contribution in [3.05, 3.63) is 15.6 Å². The van der Waals surface area contributed by atoms with Crippen molar-refractivity contribution in [1.29, 1.82) is 0 Å². The number of nitrogens with zero attached hydrogens (tertiary/aromatic N) is 2. The van der Waals surface area contributed by atoms with E-state index in [4.69, 9.17) is 5.73 Å². The van der Waals surface area contributed by atoms with Gasteiger partial charge in [-0.15, -0.1) is 11.3 Å². The number of aromatic nitrogens is 1. The molecule has 0 spiro atoms. The highest BCUT2D eigenvalue weighted by Crippen LogP contribution is 2.37. The van der Waals surface area contributed by atoms with Crippen molar-refractivity contribution in [2.45, 2.75) is 57.0 Å². The molecule has 0 bridgehead atoms. The molecule has 6 nitrogen and oxygen atoms in total. The minimum Gasteiger partial charge on any atom is -0.380 e. The summed E-state index contributed by atoms with van der Waals surface area (Å²) in [6, 6.07) is 0. The van der Waals surface area contributed by atoms with E-state index in [0.717, 1.165) is 23.5 Å².